The van der Waals surface area contributed by atoms with E-state index in [-0.39, 0.29) is 41.7 Å². The Morgan fingerprint density at radius 2 is 1.88 bits per heavy atom. The van der Waals surface area contributed by atoms with Crippen LogP contribution in [0.3, 0.4) is 0 Å². The molecule has 0 bridgehead atoms. The predicted octanol–water partition coefficient (Wildman–Crippen LogP) is 3.62. The van der Waals surface area contributed by atoms with Gasteiger partial charge in [0.1, 0.15) is 16.9 Å². The van der Waals surface area contributed by atoms with Crippen molar-refractivity contribution < 1.29 is 23.5 Å². The zero-order valence-corrected chi connectivity index (χ0v) is 18.8. The summed E-state index contributed by atoms with van der Waals surface area (Å²) in [6.45, 7) is 2.99. The van der Waals surface area contributed by atoms with Crippen LogP contribution in [0.25, 0.3) is 10.9 Å². The number of hydrogen-bond acceptors (Lipinski definition) is 6. The zero-order valence-electron chi connectivity index (χ0n) is 18.8. The van der Waals surface area contributed by atoms with E-state index in [1.54, 1.807) is 18.3 Å². The lowest BCUT2D eigenvalue weighted by Gasteiger charge is -2.16. The van der Waals surface area contributed by atoms with E-state index < -0.39 is 5.97 Å². The smallest absolute Gasteiger partial charge is 0.341 e. The largest absolute Gasteiger partial charge is 0.490 e. The lowest BCUT2D eigenvalue weighted by atomic mass is 9.98. The number of unbranched alkanes of at least 4 members (excludes halogenated alkanes) is 1. The molecule has 1 aromatic heterocycles. The average Bonchev–Trinajstić information content (AvgIpc) is 2.83. The van der Waals surface area contributed by atoms with Gasteiger partial charge < -0.3 is 20.5 Å². The highest BCUT2D eigenvalue weighted by atomic mass is 19.1. The highest BCUT2D eigenvalue weighted by Crippen LogP contribution is 2.33. The third-order valence-corrected chi connectivity index (χ3v) is 5.13. The second-order valence-corrected chi connectivity index (χ2v) is 7.58. The number of halogens is 1. The van der Waals surface area contributed by atoms with Crippen LogP contribution < -0.4 is 15.8 Å². The maximum absolute atomic E-state index is 13.3. The molecule has 3 N–H and O–H groups in total. The van der Waals surface area contributed by atoms with Crippen molar-refractivity contribution in [3.8, 4) is 5.75 Å². The molecule has 0 aliphatic carbocycles. The Hall–Kier alpha value is -3.52. The van der Waals surface area contributed by atoms with Gasteiger partial charge in [0.15, 0.2) is 5.75 Å². The van der Waals surface area contributed by atoms with Crippen LogP contribution >= 0.6 is 0 Å². The SMILES string of the molecule is CCCCOc1c(C(=O)OC)cc(C(=O)NCCN)c2cc(Cc3ccc(F)cc3)cnc12. The molecule has 2 aromatic carbocycles. The van der Waals surface area contributed by atoms with Crippen molar-refractivity contribution in [2.45, 2.75) is 26.2 Å². The number of pyridine rings is 1. The molecule has 0 radical (unpaired) electrons. The number of esters is 1. The summed E-state index contributed by atoms with van der Waals surface area (Å²) in [5.74, 6) is -1.02. The number of carbonyl (C=O) groups excluding carboxylic acids is 2. The Labute approximate surface area is 192 Å². The minimum absolute atomic E-state index is 0.137. The Morgan fingerprint density at radius 1 is 1.12 bits per heavy atom. The van der Waals surface area contributed by atoms with Gasteiger partial charge in [0, 0.05) is 30.2 Å². The van der Waals surface area contributed by atoms with Gasteiger partial charge in [0.2, 0.25) is 0 Å². The number of hydrogen-bond donors (Lipinski definition) is 2. The first-order valence-electron chi connectivity index (χ1n) is 10.9. The molecule has 3 aromatic rings. The molecule has 3 rings (SSSR count). The minimum atomic E-state index is -0.617. The van der Waals surface area contributed by atoms with E-state index in [0.29, 0.717) is 23.9 Å². The lowest BCUT2D eigenvalue weighted by Crippen LogP contribution is -2.29. The Kier molecular flexibility index (Phi) is 8.32. The van der Waals surface area contributed by atoms with Gasteiger partial charge in [0.25, 0.3) is 5.91 Å². The highest BCUT2D eigenvalue weighted by Gasteiger charge is 2.23. The van der Waals surface area contributed by atoms with Crippen LogP contribution in [-0.4, -0.2) is 43.7 Å². The van der Waals surface area contributed by atoms with Gasteiger partial charge in [-0.3, -0.25) is 9.78 Å². The Balaban J connectivity index is 2.15. The van der Waals surface area contributed by atoms with E-state index in [2.05, 4.69) is 10.3 Å². The fourth-order valence-electron chi connectivity index (χ4n) is 3.44. The molecule has 0 fully saturated rings. The summed E-state index contributed by atoms with van der Waals surface area (Å²) >= 11 is 0. The van der Waals surface area contributed by atoms with E-state index in [9.17, 15) is 14.0 Å². The van der Waals surface area contributed by atoms with Crippen molar-refractivity contribution in [3.63, 3.8) is 0 Å². The summed E-state index contributed by atoms with van der Waals surface area (Å²) in [5.41, 5.74) is 8.07. The number of ether oxygens (including phenoxy) is 2. The van der Waals surface area contributed by atoms with E-state index >= 15 is 0 Å². The van der Waals surface area contributed by atoms with E-state index in [0.717, 1.165) is 24.0 Å². The molecule has 174 valence electrons. The number of methoxy groups -OCH3 is 1. The maximum Gasteiger partial charge on any atom is 0.341 e. The standard InChI is InChI=1S/C25H28FN3O4/c1-3-4-11-33-23-21(25(31)32-2)14-20(24(30)28-10-9-27)19-13-17(15-29-22(19)23)12-16-5-7-18(26)8-6-16/h5-8,13-15H,3-4,9-12,27H2,1-2H3,(H,28,30). The summed E-state index contributed by atoms with van der Waals surface area (Å²) in [5, 5.41) is 3.29. The predicted molar refractivity (Wildman–Crippen MR) is 124 cm³/mol. The summed E-state index contributed by atoms with van der Waals surface area (Å²) in [7, 11) is 1.27. The number of nitrogens with two attached hydrogens (primary N) is 1. The third kappa shape index (κ3) is 5.84. The van der Waals surface area contributed by atoms with Gasteiger partial charge in [-0.15, -0.1) is 0 Å². The molecular formula is C25H28FN3O4. The van der Waals surface area contributed by atoms with Gasteiger partial charge in [0.05, 0.1) is 13.7 Å². The Morgan fingerprint density at radius 3 is 2.55 bits per heavy atom. The normalized spacial score (nSPS) is 10.8. The fourth-order valence-corrected chi connectivity index (χ4v) is 3.44. The second kappa shape index (κ2) is 11.4. The van der Waals surface area contributed by atoms with Crippen LogP contribution in [0.4, 0.5) is 4.39 Å². The topological polar surface area (TPSA) is 104 Å². The average molecular weight is 454 g/mol. The molecule has 0 aliphatic rings. The summed E-state index contributed by atoms with van der Waals surface area (Å²) in [6, 6.07) is 9.53. The molecule has 0 spiro atoms. The Bertz CT molecular complexity index is 1130. The number of rotatable bonds is 10. The second-order valence-electron chi connectivity index (χ2n) is 7.58. The molecule has 1 heterocycles. The number of fused-ring (bicyclic) bond motifs is 1. The molecule has 0 aliphatic heterocycles. The van der Waals surface area contributed by atoms with Crippen molar-refractivity contribution in [1.29, 1.82) is 0 Å². The molecule has 7 nitrogen and oxygen atoms in total. The number of benzene rings is 2. The molecule has 0 saturated carbocycles. The van der Waals surface area contributed by atoms with E-state index in [1.165, 1.54) is 25.3 Å². The fraction of sp³-hybridized carbons (Fsp3) is 0.320. The first-order valence-corrected chi connectivity index (χ1v) is 10.9. The van der Waals surface area contributed by atoms with Gasteiger partial charge in [-0.05, 0) is 48.2 Å². The number of carbonyl (C=O) groups is 2. The number of nitrogens with zero attached hydrogens (tertiary/aromatic N) is 1. The molecule has 0 atom stereocenters. The summed E-state index contributed by atoms with van der Waals surface area (Å²) in [6.07, 6.45) is 3.88. The summed E-state index contributed by atoms with van der Waals surface area (Å²) < 4.78 is 24.1. The van der Waals surface area contributed by atoms with E-state index in [1.807, 2.05) is 13.0 Å². The van der Waals surface area contributed by atoms with Crippen molar-refractivity contribution in [2.75, 3.05) is 26.8 Å². The van der Waals surface area contributed by atoms with Crippen LogP contribution in [0.1, 0.15) is 51.6 Å². The van der Waals surface area contributed by atoms with Gasteiger partial charge in [-0.25, -0.2) is 9.18 Å². The van der Waals surface area contributed by atoms with Gasteiger partial charge in [-0.2, -0.15) is 0 Å². The zero-order chi connectivity index (χ0) is 23.8. The van der Waals surface area contributed by atoms with Crippen LogP contribution in [0.15, 0.2) is 42.6 Å². The number of nitrogens with one attached hydrogen (secondary N) is 1. The van der Waals surface area contributed by atoms with Crippen molar-refractivity contribution >= 4 is 22.8 Å². The van der Waals surface area contributed by atoms with Gasteiger partial charge in [-0.1, -0.05) is 25.5 Å². The third-order valence-electron chi connectivity index (χ3n) is 5.13. The maximum atomic E-state index is 13.3. The molecule has 1 amide bonds. The lowest BCUT2D eigenvalue weighted by molar-refractivity contribution is 0.0596. The quantitative estimate of drug-likeness (QED) is 0.359. The van der Waals surface area contributed by atoms with Crippen LogP contribution in [0.2, 0.25) is 0 Å². The van der Waals surface area contributed by atoms with Crippen molar-refractivity contribution in [2.24, 2.45) is 5.73 Å². The van der Waals surface area contributed by atoms with E-state index in [4.69, 9.17) is 15.2 Å². The number of amides is 1. The molecule has 0 saturated heterocycles. The summed E-state index contributed by atoms with van der Waals surface area (Å²) in [4.78, 5) is 30.0. The monoisotopic (exact) mass is 453 g/mol. The van der Waals surface area contributed by atoms with Crippen molar-refractivity contribution in [3.05, 3.63) is 70.7 Å². The highest BCUT2D eigenvalue weighted by molar-refractivity contribution is 6.11. The molecule has 8 heteroatoms. The van der Waals surface area contributed by atoms with Crippen LogP contribution in [0.5, 0.6) is 5.75 Å². The van der Waals surface area contributed by atoms with Crippen molar-refractivity contribution in [1.82, 2.24) is 10.3 Å². The number of aromatic nitrogens is 1. The molecule has 0 unspecified atom stereocenters. The molecular weight excluding hydrogens is 425 g/mol. The van der Waals surface area contributed by atoms with Crippen LogP contribution in [-0.2, 0) is 11.2 Å². The van der Waals surface area contributed by atoms with Crippen LogP contribution in [0, 0.1) is 5.82 Å². The first-order chi connectivity index (χ1) is 16.0. The molecule has 33 heavy (non-hydrogen) atoms. The van der Waals surface area contributed by atoms with Gasteiger partial charge >= 0.3 is 5.97 Å². The first kappa shape index (κ1) is 24.1. The minimum Gasteiger partial charge on any atom is -0.490 e.